The summed E-state index contributed by atoms with van der Waals surface area (Å²) in [7, 11) is 0. The van der Waals surface area contributed by atoms with Gasteiger partial charge in [-0.05, 0) is 17.6 Å². The van der Waals surface area contributed by atoms with Gasteiger partial charge in [-0.25, -0.2) is 0 Å². The van der Waals surface area contributed by atoms with Crippen molar-refractivity contribution in [2.75, 3.05) is 0 Å². The molecule has 1 atom stereocenters. The predicted molar refractivity (Wildman–Crippen MR) is 50.6 cm³/mol. The number of rotatable bonds is 2. The van der Waals surface area contributed by atoms with Gasteiger partial charge in [-0.15, -0.1) is 10.2 Å². The van der Waals surface area contributed by atoms with Gasteiger partial charge >= 0.3 is 0 Å². The summed E-state index contributed by atoms with van der Waals surface area (Å²) in [6.45, 7) is 8.09. The monoisotopic (exact) mass is 197 g/mol. The lowest BCUT2D eigenvalue weighted by molar-refractivity contribution is 0.0899. The zero-order valence-electron chi connectivity index (χ0n) is 8.83. The van der Waals surface area contributed by atoms with E-state index in [-0.39, 0.29) is 23.2 Å². The molecule has 2 N–H and O–H groups in total. The van der Waals surface area contributed by atoms with E-state index in [1.54, 1.807) is 0 Å². The third-order valence-corrected chi connectivity index (χ3v) is 2.20. The zero-order valence-corrected chi connectivity index (χ0v) is 8.83. The van der Waals surface area contributed by atoms with Crippen LogP contribution in [0.15, 0.2) is 0 Å². The fourth-order valence-electron chi connectivity index (χ4n) is 0.736. The summed E-state index contributed by atoms with van der Waals surface area (Å²) >= 11 is 0. The van der Waals surface area contributed by atoms with Gasteiger partial charge in [0, 0.05) is 6.04 Å². The maximum atomic E-state index is 11.5. The summed E-state index contributed by atoms with van der Waals surface area (Å²) < 4.78 is 0. The molecule has 14 heavy (non-hydrogen) atoms. The molecule has 0 saturated carbocycles. The van der Waals surface area contributed by atoms with E-state index >= 15 is 0 Å². The lowest BCUT2D eigenvalue weighted by Gasteiger charge is -2.27. The molecule has 1 aromatic rings. The molecule has 6 heteroatoms. The van der Waals surface area contributed by atoms with Crippen molar-refractivity contribution >= 4 is 5.91 Å². The summed E-state index contributed by atoms with van der Waals surface area (Å²) in [6, 6.07) is 0.0495. The van der Waals surface area contributed by atoms with Crippen molar-refractivity contribution in [2.24, 2.45) is 5.41 Å². The molecule has 0 fully saturated rings. The Hall–Kier alpha value is -1.46. The standard InChI is InChI=1S/C8H15N5O/c1-5(8(2,3)4)9-7(14)6-10-12-13-11-6/h5H,1-4H3,(H,9,14)(H,10,11,12,13). The van der Waals surface area contributed by atoms with Crippen LogP contribution in [0.25, 0.3) is 0 Å². The quantitative estimate of drug-likeness (QED) is 0.717. The third-order valence-electron chi connectivity index (χ3n) is 2.20. The molecule has 0 radical (unpaired) electrons. The number of H-pyrrole nitrogens is 1. The Balaban J connectivity index is 2.58. The highest BCUT2D eigenvalue weighted by molar-refractivity contribution is 5.90. The summed E-state index contributed by atoms with van der Waals surface area (Å²) in [5.41, 5.74) is 0.0133. The Labute approximate surface area is 82.5 Å². The second-order valence-electron chi connectivity index (χ2n) is 4.30. The minimum Gasteiger partial charge on any atom is -0.346 e. The topological polar surface area (TPSA) is 83.6 Å². The molecule has 1 unspecified atom stereocenters. The molecular formula is C8H15N5O. The molecule has 6 nitrogen and oxygen atoms in total. The van der Waals surface area contributed by atoms with Crippen LogP contribution in [0, 0.1) is 5.41 Å². The molecule has 1 heterocycles. The Bertz CT molecular complexity index is 300. The second kappa shape index (κ2) is 3.73. The van der Waals surface area contributed by atoms with Crippen LogP contribution in [0.4, 0.5) is 0 Å². The van der Waals surface area contributed by atoms with Crippen molar-refractivity contribution in [1.29, 1.82) is 0 Å². The number of nitrogens with one attached hydrogen (secondary N) is 2. The first-order valence-corrected chi connectivity index (χ1v) is 4.45. The normalized spacial score (nSPS) is 13.7. The second-order valence-corrected chi connectivity index (χ2v) is 4.30. The first-order valence-electron chi connectivity index (χ1n) is 4.45. The summed E-state index contributed by atoms with van der Waals surface area (Å²) in [5, 5.41) is 15.5. The van der Waals surface area contributed by atoms with Crippen molar-refractivity contribution in [1.82, 2.24) is 25.9 Å². The molecule has 0 bridgehead atoms. The highest BCUT2D eigenvalue weighted by atomic mass is 16.2. The summed E-state index contributed by atoms with van der Waals surface area (Å²) in [4.78, 5) is 11.5. The van der Waals surface area contributed by atoms with Crippen LogP contribution in [0.2, 0.25) is 0 Å². The number of aromatic amines is 1. The Morgan fingerprint density at radius 3 is 2.57 bits per heavy atom. The molecule has 0 aromatic carbocycles. The van der Waals surface area contributed by atoms with Gasteiger partial charge < -0.3 is 5.32 Å². The van der Waals surface area contributed by atoms with E-state index in [1.165, 1.54) is 0 Å². The number of tetrazole rings is 1. The SMILES string of the molecule is CC(NC(=O)c1nn[nH]n1)C(C)(C)C. The summed E-state index contributed by atoms with van der Waals surface area (Å²) in [5.74, 6) is -0.234. The van der Waals surface area contributed by atoms with Gasteiger partial charge in [-0.1, -0.05) is 20.8 Å². The van der Waals surface area contributed by atoms with Crippen LogP contribution in [0.3, 0.4) is 0 Å². The molecule has 0 spiro atoms. The first kappa shape index (κ1) is 10.6. The maximum absolute atomic E-state index is 11.5. The highest BCUT2D eigenvalue weighted by Gasteiger charge is 2.23. The van der Waals surface area contributed by atoms with Crippen LogP contribution >= 0.6 is 0 Å². The van der Waals surface area contributed by atoms with E-state index in [0.29, 0.717) is 0 Å². The van der Waals surface area contributed by atoms with E-state index in [1.807, 2.05) is 27.7 Å². The molecule has 78 valence electrons. The maximum Gasteiger partial charge on any atom is 0.293 e. The van der Waals surface area contributed by atoms with Gasteiger partial charge in [0.15, 0.2) is 0 Å². The zero-order chi connectivity index (χ0) is 10.8. The summed E-state index contributed by atoms with van der Waals surface area (Å²) in [6.07, 6.45) is 0. The largest absolute Gasteiger partial charge is 0.346 e. The average Bonchev–Trinajstić information content (AvgIpc) is 2.53. The van der Waals surface area contributed by atoms with E-state index in [4.69, 9.17) is 0 Å². The minimum atomic E-state index is -0.304. The molecule has 0 aliphatic rings. The Kier molecular flexibility index (Phi) is 2.83. The van der Waals surface area contributed by atoms with Crippen LogP contribution < -0.4 is 5.32 Å². The molecule has 0 saturated heterocycles. The molecule has 1 rings (SSSR count). The smallest absolute Gasteiger partial charge is 0.293 e. The van der Waals surface area contributed by atoms with Gasteiger partial charge in [0.1, 0.15) is 0 Å². The fourth-order valence-corrected chi connectivity index (χ4v) is 0.736. The van der Waals surface area contributed by atoms with E-state index in [0.717, 1.165) is 0 Å². The molecule has 0 aliphatic heterocycles. The molecule has 0 aliphatic carbocycles. The Morgan fingerprint density at radius 2 is 2.14 bits per heavy atom. The van der Waals surface area contributed by atoms with Gasteiger partial charge in [-0.3, -0.25) is 4.79 Å². The number of hydrogen-bond acceptors (Lipinski definition) is 4. The number of hydrogen-bond donors (Lipinski definition) is 2. The highest BCUT2D eigenvalue weighted by Crippen LogP contribution is 2.18. The molecule has 1 amide bonds. The Morgan fingerprint density at radius 1 is 1.50 bits per heavy atom. The third kappa shape index (κ3) is 2.51. The lowest BCUT2D eigenvalue weighted by Crippen LogP contribution is -2.41. The fraction of sp³-hybridized carbons (Fsp3) is 0.750. The van der Waals surface area contributed by atoms with Gasteiger partial charge in [0.2, 0.25) is 0 Å². The van der Waals surface area contributed by atoms with E-state index in [9.17, 15) is 4.79 Å². The predicted octanol–water partition coefficient (Wildman–Crippen LogP) is 0.364. The van der Waals surface area contributed by atoms with Crippen LogP contribution in [0.1, 0.15) is 38.3 Å². The van der Waals surface area contributed by atoms with Gasteiger partial charge in [0.05, 0.1) is 0 Å². The van der Waals surface area contributed by atoms with Crippen LogP contribution in [0.5, 0.6) is 0 Å². The van der Waals surface area contributed by atoms with Crippen molar-refractivity contribution < 1.29 is 4.79 Å². The first-order chi connectivity index (χ1) is 6.41. The average molecular weight is 197 g/mol. The van der Waals surface area contributed by atoms with Gasteiger partial charge in [-0.2, -0.15) is 5.21 Å². The van der Waals surface area contributed by atoms with Crippen molar-refractivity contribution in [3.63, 3.8) is 0 Å². The molecule has 1 aromatic heterocycles. The van der Waals surface area contributed by atoms with Crippen molar-refractivity contribution in [2.45, 2.75) is 33.7 Å². The number of nitrogens with zero attached hydrogens (tertiary/aromatic N) is 3. The number of aromatic nitrogens is 4. The van der Waals surface area contributed by atoms with Crippen molar-refractivity contribution in [3.05, 3.63) is 5.82 Å². The minimum absolute atomic E-state index is 0.0133. The van der Waals surface area contributed by atoms with Crippen molar-refractivity contribution in [3.8, 4) is 0 Å². The van der Waals surface area contributed by atoms with Crippen LogP contribution in [-0.4, -0.2) is 32.6 Å². The number of carbonyl (C=O) groups is 1. The van der Waals surface area contributed by atoms with Gasteiger partial charge in [0.25, 0.3) is 11.7 Å². The number of amides is 1. The number of carbonyl (C=O) groups excluding carboxylic acids is 1. The lowest BCUT2D eigenvalue weighted by atomic mass is 9.88. The van der Waals surface area contributed by atoms with Crippen LogP contribution in [-0.2, 0) is 0 Å². The van der Waals surface area contributed by atoms with E-state index < -0.39 is 0 Å². The van der Waals surface area contributed by atoms with E-state index in [2.05, 4.69) is 25.9 Å². The molecular weight excluding hydrogens is 182 g/mol.